The van der Waals surface area contributed by atoms with Gasteiger partial charge in [0.05, 0.1) is 12.2 Å². The van der Waals surface area contributed by atoms with E-state index >= 15 is 0 Å². The lowest BCUT2D eigenvalue weighted by Crippen LogP contribution is -3.00. The number of nitrogens with two attached hydrogens (primary N) is 4. The average Bonchev–Trinajstić information content (AvgIpc) is 2.71. The summed E-state index contributed by atoms with van der Waals surface area (Å²) in [4.78, 5) is 3.15. The molecule has 0 aliphatic rings. The van der Waals surface area contributed by atoms with Gasteiger partial charge in [0.1, 0.15) is 5.79 Å². The number of H-pyrrole nitrogens is 1. The van der Waals surface area contributed by atoms with Crippen LogP contribution in [0.2, 0.25) is 0 Å². The van der Waals surface area contributed by atoms with Crippen molar-refractivity contribution in [2.75, 3.05) is 0 Å². The Morgan fingerprint density at radius 3 is 2.15 bits per heavy atom. The predicted molar refractivity (Wildman–Crippen MR) is 79.9 cm³/mol. The number of aromatic nitrogens is 2. The maximum Gasteiger partial charge on any atom is 0.284 e. The number of nitrogens with zero attached hydrogens (tertiary/aromatic N) is 1. The molecule has 1 unspecified atom stereocenters. The summed E-state index contributed by atoms with van der Waals surface area (Å²) in [5.41, 5.74) is 23.9. The lowest BCUT2D eigenvalue weighted by atomic mass is 10.1. The van der Waals surface area contributed by atoms with Gasteiger partial charge < -0.3 is 18.1 Å². The average molecular weight is 297 g/mol. The van der Waals surface area contributed by atoms with Crippen LogP contribution < -0.4 is 39.9 Å². The third kappa shape index (κ3) is 3.89. The van der Waals surface area contributed by atoms with Crippen LogP contribution in [0, 0.1) is 0 Å². The molecule has 20 heavy (non-hydrogen) atoms. The van der Waals surface area contributed by atoms with Crippen molar-refractivity contribution in [2.24, 2.45) is 22.9 Å². The van der Waals surface area contributed by atoms with Crippen LogP contribution >= 0.6 is 0 Å². The minimum atomic E-state index is -1.47. The number of halogens is 1. The van der Waals surface area contributed by atoms with E-state index in [-0.39, 0.29) is 12.4 Å². The molecule has 9 N–H and O–H groups in total. The smallest absolute Gasteiger partial charge is 0.284 e. The molecule has 110 valence electrons. The fourth-order valence-electron chi connectivity index (χ4n) is 1.57. The maximum absolute atomic E-state index is 5.75. The molecule has 0 bridgehead atoms. The molecule has 0 fully saturated rings. The van der Waals surface area contributed by atoms with Crippen molar-refractivity contribution < 1.29 is 17.0 Å². The lowest BCUT2D eigenvalue weighted by molar-refractivity contribution is -0.570. The molecule has 0 amide bonds. The monoisotopic (exact) mass is 296 g/mol. The number of hydrogen-bond donors (Lipinski definition) is 5. The summed E-state index contributed by atoms with van der Waals surface area (Å²) in [6, 6.07) is -0.687. The molecule has 6 nitrogen and oxygen atoms in total. The molecular weight excluding hydrogens is 276 g/mol. The van der Waals surface area contributed by atoms with Crippen molar-refractivity contribution in [3.63, 3.8) is 0 Å². The molecule has 7 heteroatoms. The van der Waals surface area contributed by atoms with Gasteiger partial charge in [-0.3, -0.25) is 17.2 Å². The highest BCUT2D eigenvalue weighted by Gasteiger charge is 2.21. The first-order valence-electron chi connectivity index (χ1n) is 5.70. The molecule has 0 aromatic carbocycles. The molecule has 1 aromatic heterocycles. The summed E-state index contributed by atoms with van der Waals surface area (Å²) in [5, 5.41) is 0. The van der Waals surface area contributed by atoms with Gasteiger partial charge in [-0.1, -0.05) is 25.8 Å². The Hall–Kier alpha value is -1.70. The second-order valence-corrected chi connectivity index (χ2v) is 4.15. The summed E-state index contributed by atoms with van der Waals surface area (Å²) >= 11 is 0. The van der Waals surface area contributed by atoms with Gasteiger partial charge in [0.25, 0.3) is 5.82 Å². The Morgan fingerprint density at radius 2 is 1.75 bits per heavy atom. The third-order valence-electron chi connectivity index (χ3n) is 2.68. The van der Waals surface area contributed by atoms with Gasteiger partial charge in [0.2, 0.25) is 0 Å². The van der Waals surface area contributed by atoms with Gasteiger partial charge in [-0.05, 0) is 12.2 Å². The molecule has 1 aromatic rings. The zero-order chi connectivity index (χ0) is 14.6. The summed E-state index contributed by atoms with van der Waals surface area (Å²) < 4.78 is 1.80. The summed E-state index contributed by atoms with van der Waals surface area (Å²) in [6.07, 6.45) is 8.38. The van der Waals surface area contributed by atoms with Crippen LogP contribution in [0.25, 0.3) is 24.4 Å². The summed E-state index contributed by atoms with van der Waals surface area (Å²) in [7, 11) is 0. The van der Waals surface area contributed by atoms with E-state index in [0.717, 1.165) is 17.2 Å². The molecule has 0 saturated heterocycles. The van der Waals surface area contributed by atoms with Crippen LogP contribution in [-0.2, 0) is 0 Å². The van der Waals surface area contributed by atoms with Crippen LogP contribution in [0.3, 0.4) is 0 Å². The van der Waals surface area contributed by atoms with E-state index in [2.05, 4.69) is 24.7 Å². The second-order valence-electron chi connectivity index (χ2n) is 4.15. The van der Waals surface area contributed by atoms with Crippen LogP contribution in [0.15, 0.2) is 25.8 Å². The van der Waals surface area contributed by atoms with Crippen LogP contribution in [-0.4, -0.2) is 16.8 Å². The molecule has 0 aliphatic carbocycles. The van der Waals surface area contributed by atoms with E-state index in [1.165, 1.54) is 0 Å². The van der Waals surface area contributed by atoms with Crippen molar-refractivity contribution in [1.82, 2.24) is 4.98 Å². The van der Waals surface area contributed by atoms with Crippen LogP contribution in [0.4, 0.5) is 0 Å². The number of rotatable bonds is 6. The molecule has 1 heterocycles. The fraction of sp³-hybridized carbons (Fsp3) is 0.154. The molecule has 1 atom stereocenters. The van der Waals surface area contributed by atoms with Gasteiger partial charge in [-0.25, -0.2) is 4.98 Å². The van der Waals surface area contributed by atoms with Gasteiger partial charge in [0.15, 0.2) is 11.4 Å². The molecule has 0 radical (unpaired) electrons. The topological polar surface area (TPSA) is 124 Å². The van der Waals surface area contributed by atoms with E-state index in [1.54, 1.807) is 35.1 Å². The fourth-order valence-corrected chi connectivity index (χ4v) is 1.57. The highest BCUT2D eigenvalue weighted by atomic mass is 35.5. The molecule has 0 spiro atoms. The lowest BCUT2D eigenvalue weighted by Gasteiger charge is -2.23. The van der Waals surface area contributed by atoms with E-state index in [4.69, 9.17) is 22.9 Å². The second kappa shape index (κ2) is 7.18. The maximum atomic E-state index is 5.75. The first kappa shape index (κ1) is 18.3. The Bertz CT molecular complexity index is 524. The number of imidazole rings is 1. The Labute approximate surface area is 124 Å². The summed E-state index contributed by atoms with van der Waals surface area (Å²) in [5.74, 6) is -0.732. The third-order valence-corrected chi connectivity index (χ3v) is 2.68. The highest BCUT2D eigenvalue weighted by Crippen LogP contribution is 2.09. The normalized spacial score (nSPS) is 12.8. The van der Waals surface area contributed by atoms with Crippen molar-refractivity contribution in [2.45, 2.75) is 11.8 Å². The number of hydrogen-bond acceptors (Lipinski definition) is 4. The molecular formula is C13H21ClN6. The first-order valence-corrected chi connectivity index (χ1v) is 5.70. The number of aromatic amines is 1. The van der Waals surface area contributed by atoms with E-state index < -0.39 is 11.8 Å². The van der Waals surface area contributed by atoms with E-state index in [9.17, 15) is 0 Å². The Kier molecular flexibility index (Phi) is 6.57. The van der Waals surface area contributed by atoms with Crippen molar-refractivity contribution in [1.29, 1.82) is 0 Å². The quantitative estimate of drug-likeness (QED) is 0.277. The van der Waals surface area contributed by atoms with E-state index in [1.807, 2.05) is 0 Å². The van der Waals surface area contributed by atoms with Gasteiger partial charge >= 0.3 is 0 Å². The molecule has 0 saturated carbocycles. The minimum Gasteiger partial charge on any atom is -1.00 e. The van der Waals surface area contributed by atoms with Crippen molar-refractivity contribution in [3.05, 3.63) is 43.0 Å². The Balaban J connectivity index is 0.00000361. The van der Waals surface area contributed by atoms with Crippen LogP contribution in [0.5, 0.6) is 0 Å². The highest BCUT2D eigenvalue weighted by molar-refractivity contribution is 5.58. The van der Waals surface area contributed by atoms with Gasteiger partial charge in [0, 0.05) is 6.08 Å². The van der Waals surface area contributed by atoms with Crippen LogP contribution in [0.1, 0.15) is 17.2 Å². The van der Waals surface area contributed by atoms with Gasteiger partial charge in [-0.2, -0.15) is 4.57 Å². The number of nitrogens with one attached hydrogen (secondary N) is 1. The Morgan fingerprint density at radius 1 is 1.15 bits per heavy atom. The first-order chi connectivity index (χ1) is 8.85. The van der Waals surface area contributed by atoms with Crippen molar-refractivity contribution in [3.8, 4) is 0 Å². The zero-order valence-corrected chi connectivity index (χ0v) is 12.0. The van der Waals surface area contributed by atoms with Crippen molar-refractivity contribution >= 4 is 24.4 Å². The van der Waals surface area contributed by atoms with Gasteiger partial charge in [-0.15, -0.1) is 0 Å². The molecule has 0 aliphatic heterocycles. The predicted octanol–water partition coefficient (Wildman–Crippen LogP) is -3.44. The van der Waals surface area contributed by atoms with E-state index in [0.29, 0.717) is 0 Å². The molecule has 1 rings (SSSR count). The standard InChI is InChI=1S/C13H20N6.ClH/c1-4-9-10(5-2)19(6-3)12(18-9)8-7-11(14)13(15,16)17;/h4-8,11H,1-3,14-17H2;1H. The minimum absolute atomic E-state index is 0. The largest absolute Gasteiger partial charge is 1.00 e. The zero-order valence-electron chi connectivity index (χ0n) is 11.2. The SMILES string of the molecule is C=Cc1[nH]c(C=CC(N)C(N)(N)N)[n+](C=C)c1C=C.[Cl-]. The summed E-state index contributed by atoms with van der Waals surface area (Å²) in [6.45, 7) is 11.2.